The first-order valence-corrected chi connectivity index (χ1v) is 10.7. The van der Waals surface area contributed by atoms with Crippen LogP contribution in [0.1, 0.15) is 35.3 Å². The first-order valence-electron chi connectivity index (χ1n) is 10.7. The van der Waals surface area contributed by atoms with Crippen LogP contribution in [0.15, 0.2) is 49.1 Å². The molecule has 3 aromatic rings. The number of aromatic amines is 1. The summed E-state index contributed by atoms with van der Waals surface area (Å²) in [5.41, 5.74) is 3.17. The molecular formula is C23H28N6O2. The fourth-order valence-electron chi connectivity index (χ4n) is 4.14. The maximum Gasteiger partial charge on any atom is 0.272 e. The molecule has 31 heavy (non-hydrogen) atoms. The third-order valence-corrected chi connectivity index (χ3v) is 5.80. The molecule has 1 unspecified atom stereocenters. The lowest BCUT2D eigenvalue weighted by atomic mass is 9.94. The van der Waals surface area contributed by atoms with Gasteiger partial charge in [0.25, 0.3) is 5.91 Å². The van der Waals surface area contributed by atoms with Gasteiger partial charge in [-0.1, -0.05) is 30.3 Å². The number of rotatable bonds is 7. The van der Waals surface area contributed by atoms with Crippen LogP contribution in [-0.4, -0.2) is 56.1 Å². The molecule has 0 aliphatic carbocycles. The number of aromatic nitrogens is 4. The molecule has 0 bridgehead atoms. The van der Waals surface area contributed by atoms with Crippen molar-refractivity contribution < 1.29 is 9.59 Å². The van der Waals surface area contributed by atoms with Gasteiger partial charge in [0.15, 0.2) is 0 Å². The number of hydrogen-bond acceptors (Lipinski definition) is 4. The Hall–Kier alpha value is -3.42. The van der Waals surface area contributed by atoms with Gasteiger partial charge in [0, 0.05) is 56.1 Å². The van der Waals surface area contributed by atoms with Crippen LogP contribution in [0, 0.1) is 12.8 Å². The van der Waals surface area contributed by atoms with Crippen molar-refractivity contribution in [2.24, 2.45) is 5.92 Å². The normalized spacial score (nSPS) is 16.3. The Kier molecular flexibility index (Phi) is 6.45. The Bertz CT molecular complexity index is 1010. The van der Waals surface area contributed by atoms with E-state index < -0.39 is 0 Å². The van der Waals surface area contributed by atoms with Crippen LogP contribution in [0.3, 0.4) is 0 Å². The van der Waals surface area contributed by atoms with Crippen LogP contribution < -0.4 is 5.32 Å². The lowest BCUT2D eigenvalue weighted by molar-refractivity contribution is -0.122. The fourth-order valence-corrected chi connectivity index (χ4v) is 4.14. The van der Waals surface area contributed by atoms with Crippen LogP contribution >= 0.6 is 0 Å². The van der Waals surface area contributed by atoms with Crippen LogP contribution in [0.25, 0.3) is 11.3 Å². The number of nitrogens with zero attached hydrogens (tertiary/aromatic N) is 4. The van der Waals surface area contributed by atoms with E-state index in [4.69, 9.17) is 0 Å². The van der Waals surface area contributed by atoms with Gasteiger partial charge in [-0.25, -0.2) is 4.98 Å². The Morgan fingerprint density at radius 1 is 1.26 bits per heavy atom. The minimum absolute atomic E-state index is 0.0310. The minimum atomic E-state index is -0.0441. The average molecular weight is 421 g/mol. The molecule has 1 aliphatic heterocycles. The summed E-state index contributed by atoms with van der Waals surface area (Å²) in [6, 6.07) is 9.85. The second-order valence-electron chi connectivity index (χ2n) is 8.05. The topological polar surface area (TPSA) is 95.9 Å². The molecule has 1 fully saturated rings. The lowest BCUT2D eigenvalue weighted by Crippen LogP contribution is -2.42. The number of carbonyl (C=O) groups is 2. The average Bonchev–Trinajstić information content (AvgIpc) is 3.44. The van der Waals surface area contributed by atoms with Gasteiger partial charge in [0.2, 0.25) is 5.91 Å². The highest BCUT2D eigenvalue weighted by Gasteiger charge is 2.28. The number of piperidine rings is 1. The van der Waals surface area contributed by atoms with Gasteiger partial charge in [0.05, 0.1) is 12.0 Å². The Balaban J connectivity index is 1.32. The molecule has 1 atom stereocenters. The number of amides is 2. The molecule has 4 rings (SSSR count). The number of likely N-dealkylation sites (tertiary alicyclic amines) is 1. The fraction of sp³-hybridized carbons (Fsp3) is 0.391. The molecule has 0 radical (unpaired) electrons. The predicted molar refractivity (Wildman–Crippen MR) is 117 cm³/mol. The van der Waals surface area contributed by atoms with Crippen molar-refractivity contribution in [2.45, 2.75) is 32.7 Å². The molecule has 1 saturated heterocycles. The number of hydrogen-bond donors (Lipinski definition) is 2. The van der Waals surface area contributed by atoms with E-state index in [1.54, 1.807) is 12.5 Å². The maximum atomic E-state index is 13.1. The molecular weight excluding hydrogens is 392 g/mol. The minimum Gasteiger partial charge on any atom is -0.354 e. The highest BCUT2D eigenvalue weighted by atomic mass is 16.2. The zero-order valence-electron chi connectivity index (χ0n) is 17.8. The van der Waals surface area contributed by atoms with E-state index in [-0.39, 0.29) is 17.7 Å². The quantitative estimate of drug-likeness (QED) is 0.614. The highest BCUT2D eigenvalue weighted by Crippen LogP contribution is 2.26. The maximum absolute atomic E-state index is 13.1. The predicted octanol–water partition coefficient (Wildman–Crippen LogP) is 2.64. The van der Waals surface area contributed by atoms with Gasteiger partial charge in [-0.05, 0) is 25.7 Å². The molecule has 3 heterocycles. The van der Waals surface area contributed by atoms with Gasteiger partial charge >= 0.3 is 0 Å². The van der Waals surface area contributed by atoms with E-state index >= 15 is 0 Å². The molecule has 162 valence electrons. The zero-order valence-corrected chi connectivity index (χ0v) is 17.8. The van der Waals surface area contributed by atoms with Crippen molar-refractivity contribution in [3.63, 3.8) is 0 Å². The van der Waals surface area contributed by atoms with Crippen LogP contribution in [-0.2, 0) is 11.3 Å². The molecule has 0 saturated carbocycles. The molecule has 2 amide bonds. The van der Waals surface area contributed by atoms with Crippen LogP contribution in [0.4, 0.5) is 0 Å². The van der Waals surface area contributed by atoms with E-state index in [1.165, 1.54) is 0 Å². The second kappa shape index (κ2) is 9.59. The van der Waals surface area contributed by atoms with Gasteiger partial charge in [-0.2, -0.15) is 5.10 Å². The van der Waals surface area contributed by atoms with Gasteiger partial charge in [-0.3, -0.25) is 14.7 Å². The van der Waals surface area contributed by atoms with Crippen molar-refractivity contribution in [1.82, 2.24) is 30.0 Å². The van der Waals surface area contributed by atoms with Gasteiger partial charge in [-0.15, -0.1) is 0 Å². The van der Waals surface area contributed by atoms with Crippen molar-refractivity contribution in [2.75, 3.05) is 19.6 Å². The molecule has 2 aromatic heterocycles. The van der Waals surface area contributed by atoms with Crippen molar-refractivity contribution in [3.05, 3.63) is 60.3 Å². The molecule has 8 heteroatoms. The summed E-state index contributed by atoms with van der Waals surface area (Å²) in [7, 11) is 0. The van der Waals surface area contributed by atoms with E-state index in [2.05, 4.69) is 20.5 Å². The Labute approximate surface area is 181 Å². The standard InChI is InChI=1S/C23H28N6O2/c1-17-21(19-7-3-2-4-8-19)26-27-22(17)23(31)29-11-5-6-18(15-29)14-20(30)25-10-13-28-12-9-24-16-28/h2-4,7-9,12,16,18H,5-6,10-11,13-15H2,1H3,(H,25,30)(H,26,27). The molecule has 8 nitrogen and oxygen atoms in total. The third-order valence-electron chi connectivity index (χ3n) is 5.80. The van der Waals surface area contributed by atoms with Crippen LogP contribution in [0.5, 0.6) is 0 Å². The number of carbonyl (C=O) groups excluding carboxylic acids is 2. The first-order chi connectivity index (χ1) is 15.1. The van der Waals surface area contributed by atoms with E-state index in [9.17, 15) is 9.59 Å². The van der Waals surface area contributed by atoms with Gasteiger partial charge < -0.3 is 14.8 Å². The molecule has 1 aliphatic rings. The van der Waals surface area contributed by atoms with Crippen LogP contribution in [0.2, 0.25) is 0 Å². The van der Waals surface area contributed by atoms with E-state index in [0.717, 1.165) is 29.7 Å². The summed E-state index contributed by atoms with van der Waals surface area (Å²) in [5, 5.41) is 10.3. The van der Waals surface area contributed by atoms with E-state index in [1.807, 2.05) is 52.9 Å². The lowest BCUT2D eigenvalue weighted by Gasteiger charge is -2.32. The highest BCUT2D eigenvalue weighted by molar-refractivity contribution is 5.95. The summed E-state index contributed by atoms with van der Waals surface area (Å²) < 4.78 is 1.93. The molecule has 0 spiro atoms. The number of imidazole rings is 1. The van der Waals surface area contributed by atoms with Crippen molar-refractivity contribution in [1.29, 1.82) is 0 Å². The summed E-state index contributed by atoms with van der Waals surface area (Å²) in [4.78, 5) is 31.3. The smallest absolute Gasteiger partial charge is 0.272 e. The Morgan fingerprint density at radius 3 is 2.87 bits per heavy atom. The van der Waals surface area contributed by atoms with Crippen molar-refractivity contribution >= 4 is 11.8 Å². The monoisotopic (exact) mass is 420 g/mol. The number of benzene rings is 1. The first kappa shape index (κ1) is 20.8. The summed E-state index contributed by atoms with van der Waals surface area (Å²) in [6.45, 7) is 4.49. The van der Waals surface area contributed by atoms with Crippen molar-refractivity contribution in [3.8, 4) is 11.3 Å². The van der Waals surface area contributed by atoms with E-state index in [0.29, 0.717) is 38.3 Å². The third kappa shape index (κ3) is 5.02. The SMILES string of the molecule is Cc1c(-c2ccccc2)n[nH]c1C(=O)N1CCCC(CC(=O)NCCn2ccnc2)C1. The largest absolute Gasteiger partial charge is 0.354 e. The molecule has 1 aromatic carbocycles. The van der Waals surface area contributed by atoms with Gasteiger partial charge in [0.1, 0.15) is 5.69 Å². The number of H-pyrrole nitrogens is 1. The second-order valence-corrected chi connectivity index (χ2v) is 8.05. The summed E-state index contributed by atoms with van der Waals surface area (Å²) in [6.07, 6.45) is 7.62. The summed E-state index contributed by atoms with van der Waals surface area (Å²) in [5.74, 6) is 0.156. The number of nitrogens with one attached hydrogen (secondary N) is 2. The zero-order chi connectivity index (χ0) is 21.6. The summed E-state index contributed by atoms with van der Waals surface area (Å²) >= 11 is 0. The molecule has 2 N–H and O–H groups in total. The Morgan fingerprint density at radius 2 is 2.10 bits per heavy atom.